The molecule has 0 aliphatic carbocycles. The predicted octanol–water partition coefficient (Wildman–Crippen LogP) is 2.58. The molecule has 1 aromatic carbocycles. The fourth-order valence-electron chi connectivity index (χ4n) is 3.45. The number of nitrogens with zero attached hydrogens (tertiary/aromatic N) is 3. The highest BCUT2D eigenvalue weighted by atomic mass is 19.1. The van der Waals surface area contributed by atoms with E-state index in [9.17, 15) is 14.0 Å². The normalized spacial score (nSPS) is 16.1. The lowest BCUT2D eigenvalue weighted by atomic mass is 9.85. The van der Waals surface area contributed by atoms with E-state index < -0.39 is 0 Å². The van der Waals surface area contributed by atoms with Crippen molar-refractivity contribution in [2.24, 2.45) is 5.92 Å². The van der Waals surface area contributed by atoms with Gasteiger partial charge in [-0.1, -0.05) is 26.0 Å². The molecule has 0 bridgehead atoms. The maximum absolute atomic E-state index is 13.2. The Kier molecular flexibility index (Phi) is 7.78. The number of rotatable bonds is 7. The van der Waals surface area contributed by atoms with Crippen molar-refractivity contribution < 1.29 is 14.0 Å². The molecule has 6 heteroatoms. The fourth-order valence-corrected chi connectivity index (χ4v) is 3.45. The van der Waals surface area contributed by atoms with Crippen LogP contribution in [0.25, 0.3) is 0 Å². The van der Waals surface area contributed by atoms with Gasteiger partial charge in [-0.2, -0.15) is 0 Å². The van der Waals surface area contributed by atoms with Crippen LogP contribution in [-0.2, 0) is 9.59 Å². The summed E-state index contributed by atoms with van der Waals surface area (Å²) in [6.45, 7) is 7.28. The zero-order valence-corrected chi connectivity index (χ0v) is 16.9. The SMILES string of the molecule is CC(C)C(CC(=O)N1CCN(C(=O)CCN(C)C)CC1)c1ccc(F)cc1. The number of carbonyl (C=O) groups is 2. The van der Waals surface area contributed by atoms with Crippen molar-refractivity contribution in [3.05, 3.63) is 35.6 Å². The molecule has 0 saturated carbocycles. The first-order chi connectivity index (χ1) is 12.8. The van der Waals surface area contributed by atoms with Crippen LogP contribution < -0.4 is 0 Å². The number of hydrogen-bond donors (Lipinski definition) is 0. The quantitative estimate of drug-likeness (QED) is 0.734. The van der Waals surface area contributed by atoms with E-state index in [0.717, 1.165) is 12.1 Å². The number of hydrogen-bond acceptors (Lipinski definition) is 3. The summed E-state index contributed by atoms with van der Waals surface area (Å²) < 4.78 is 13.2. The summed E-state index contributed by atoms with van der Waals surface area (Å²) in [6, 6.07) is 6.45. The molecule has 0 aromatic heterocycles. The molecular weight excluding hydrogens is 345 g/mol. The number of piperazine rings is 1. The monoisotopic (exact) mass is 377 g/mol. The van der Waals surface area contributed by atoms with Gasteiger partial charge in [0.1, 0.15) is 5.82 Å². The largest absolute Gasteiger partial charge is 0.339 e. The fraction of sp³-hybridized carbons (Fsp3) is 0.619. The standard InChI is InChI=1S/C21H32FN3O2/c1-16(2)19(17-5-7-18(22)8-6-17)15-21(27)25-13-11-24(12-14-25)20(26)9-10-23(3)4/h5-8,16,19H,9-15H2,1-4H3. The molecule has 5 nitrogen and oxygen atoms in total. The third kappa shape index (κ3) is 6.31. The molecule has 1 heterocycles. The lowest BCUT2D eigenvalue weighted by Gasteiger charge is -2.36. The van der Waals surface area contributed by atoms with Gasteiger partial charge in [-0.3, -0.25) is 9.59 Å². The Morgan fingerprint density at radius 3 is 2.00 bits per heavy atom. The maximum atomic E-state index is 13.2. The van der Waals surface area contributed by atoms with Gasteiger partial charge < -0.3 is 14.7 Å². The molecule has 27 heavy (non-hydrogen) atoms. The molecule has 1 aliphatic rings. The minimum absolute atomic E-state index is 0.0675. The second-order valence-electron chi connectivity index (χ2n) is 7.92. The minimum atomic E-state index is -0.261. The Bertz CT molecular complexity index is 623. The number of halogens is 1. The van der Waals surface area contributed by atoms with Crippen molar-refractivity contribution in [3.63, 3.8) is 0 Å². The van der Waals surface area contributed by atoms with E-state index in [1.807, 2.05) is 28.8 Å². The van der Waals surface area contributed by atoms with Crippen LogP contribution in [0.15, 0.2) is 24.3 Å². The summed E-state index contributed by atoms with van der Waals surface area (Å²) in [5.41, 5.74) is 0.997. The second-order valence-corrected chi connectivity index (χ2v) is 7.92. The molecule has 0 N–H and O–H groups in total. The van der Waals surface area contributed by atoms with Crippen molar-refractivity contribution in [1.82, 2.24) is 14.7 Å². The van der Waals surface area contributed by atoms with Crippen molar-refractivity contribution in [2.45, 2.75) is 32.6 Å². The van der Waals surface area contributed by atoms with Gasteiger partial charge in [0.15, 0.2) is 0 Å². The van der Waals surface area contributed by atoms with Crippen molar-refractivity contribution in [2.75, 3.05) is 46.8 Å². The third-order valence-corrected chi connectivity index (χ3v) is 5.26. The highest BCUT2D eigenvalue weighted by molar-refractivity contribution is 5.79. The van der Waals surface area contributed by atoms with E-state index in [4.69, 9.17) is 0 Å². The molecule has 150 valence electrons. The topological polar surface area (TPSA) is 43.9 Å². The Hall–Kier alpha value is -1.95. The van der Waals surface area contributed by atoms with Crippen LogP contribution in [0.2, 0.25) is 0 Å². The van der Waals surface area contributed by atoms with Gasteiger partial charge in [0.25, 0.3) is 0 Å². The summed E-state index contributed by atoms with van der Waals surface area (Å²) in [5, 5.41) is 0. The van der Waals surface area contributed by atoms with Crippen molar-refractivity contribution >= 4 is 11.8 Å². The van der Waals surface area contributed by atoms with Crippen molar-refractivity contribution in [3.8, 4) is 0 Å². The van der Waals surface area contributed by atoms with E-state index in [2.05, 4.69) is 13.8 Å². The van der Waals surface area contributed by atoms with Gasteiger partial charge in [0.05, 0.1) is 0 Å². The lowest BCUT2D eigenvalue weighted by molar-refractivity contribution is -0.140. The first-order valence-electron chi connectivity index (χ1n) is 9.73. The minimum Gasteiger partial charge on any atom is -0.339 e. The van der Waals surface area contributed by atoms with Gasteiger partial charge >= 0.3 is 0 Å². The van der Waals surface area contributed by atoms with E-state index in [1.54, 1.807) is 12.1 Å². The molecule has 2 amide bonds. The Labute approximate surface area is 162 Å². The average molecular weight is 378 g/mol. The first-order valence-corrected chi connectivity index (χ1v) is 9.73. The second kappa shape index (κ2) is 9.83. The molecule has 2 rings (SSSR count). The predicted molar refractivity (Wildman–Crippen MR) is 105 cm³/mol. The highest BCUT2D eigenvalue weighted by Crippen LogP contribution is 2.29. The highest BCUT2D eigenvalue weighted by Gasteiger charge is 2.27. The summed E-state index contributed by atoms with van der Waals surface area (Å²) in [7, 11) is 3.91. The summed E-state index contributed by atoms with van der Waals surface area (Å²) in [5.74, 6) is 0.356. The summed E-state index contributed by atoms with van der Waals surface area (Å²) in [4.78, 5) is 30.7. The van der Waals surface area contributed by atoms with Gasteiger partial charge in [0, 0.05) is 45.6 Å². The zero-order valence-electron chi connectivity index (χ0n) is 16.9. The van der Waals surface area contributed by atoms with Crippen LogP contribution in [0.3, 0.4) is 0 Å². The van der Waals surface area contributed by atoms with E-state index in [0.29, 0.717) is 39.0 Å². The molecule has 1 atom stereocenters. The number of amides is 2. The molecule has 1 saturated heterocycles. The zero-order chi connectivity index (χ0) is 20.0. The third-order valence-electron chi connectivity index (χ3n) is 5.26. The molecule has 1 fully saturated rings. The van der Waals surface area contributed by atoms with Crippen LogP contribution in [-0.4, -0.2) is 73.3 Å². The van der Waals surface area contributed by atoms with Crippen molar-refractivity contribution in [1.29, 1.82) is 0 Å². The first kappa shape index (κ1) is 21.4. The van der Waals surface area contributed by atoms with Gasteiger partial charge in [-0.05, 0) is 43.6 Å². The van der Waals surface area contributed by atoms with Crippen LogP contribution in [0.5, 0.6) is 0 Å². The number of benzene rings is 1. The van der Waals surface area contributed by atoms with E-state index in [-0.39, 0.29) is 29.5 Å². The lowest BCUT2D eigenvalue weighted by Crippen LogP contribution is -2.51. The van der Waals surface area contributed by atoms with Gasteiger partial charge in [-0.15, -0.1) is 0 Å². The Balaban J connectivity index is 1.88. The molecule has 1 aromatic rings. The average Bonchev–Trinajstić information content (AvgIpc) is 2.64. The van der Waals surface area contributed by atoms with Crippen LogP contribution in [0.4, 0.5) is 4.39 Å². The summed E-state index contributed by atoms with van der Waals surface area (Å²) in [6.07, 6.45) is 0.929. The smallest absolute Gasteiger partial charge is 0.223 e. The summed E-state index contributed by atoms with van der Waals surface area (Å²) >= 11 is 0. The Morgan fingerprint density at radius 2 is 1.52 bits per heavy atom. The van der Waals surface area contributed by atoms with E-state index >= 15 is 0 Å². The molecule has 1 aliphatic heterocycles. The molecular formula is C21H32FN3O2. The molecule has 0 spiro atoms. The van der Waals surface area contributed by atoms with Crippen LogP contribution >= 0.6 is 0 Å². The van der Waals surface area contributed by atoms with E-state index in [1.165, 1.54) is 12.1 Å². The van der Waals surface area contributed by atoms with Gasteiger partial charge in [0.2, 0.25) is 11.8 Å². The maximum Gasteiger partial charge on any atom is 0.223 e. The van der Waals surface area contributed by atoms with Crippen LogP contribution in [0.1, 0.15) is 38.2 Å². The van der Waals surface area contributed by atoms with Crippen LogP contribution in [0, 0.1) is 11.7 Å². The Morgan fingerprint density at radius 1 is 1.00 bits per heavy atom. The molecule has 0 radical (unpaired) electrons. The van der Waals surface area contributed by atoms with Gasteiger partial charge in [-0.25, -0.2) is 4.39 Å². The molecule has 1 unspecified atom stereocenters. The number of carbonyl (C=O) groups excluding carboxylic acids is 2.